The van der Waals surface area contributed by atoms with Crippen LogP contribution in [-0.4, -0.2) is 39.6 Å². The molecule has 31 heavy (non-hydrogen) atoms. The van der Waals surface area contributed by atoms with Gasteiger partial charge in [0.2, 0.25) is 0 Å². The largest absolute Gasteiger partial charge is 0.480 e. The minimum Gasteiger partial charge on any atom is -0.480 e. The van der Waals surface area contributed by atoms with Crippen LogP contribution in [0.2, 0.25) is 0 Å². The van der Waals surface area contributed by atoms with Crippen LogP contribution in [0.4, 0.5) is 4.79 Å². The fraction of sp³-hybridized carbons (Fsp3) is 0.292. The van der Waals surface area contributed by atoms with Gasteiger partial charge < -0.3 is 15.2 Å². The number of aryl methyl sites for hydroxylation is 2. The Kier molecular flexibility index (Phi) is 5.75. The van der Waals surface area contributed by atoms with E-state index in [4.69, 9.17) is 4.74 Å². The van der Waals surface area contributed by atoms with Gasteiger partial charge in [-0.3, -0.25) is 4.68 Å². The molecule has 1 heterocycles. The third-order valence-electron chi connectivity index (χ3n) is 5.63. The molecular formula is C24H25N3O4. The zero-order valence-electron chi connectivity index (χ0n) is 17.5. The molecule has 0 saturated heterocycles. The van der Waals surface area contributed by atoms with Crippen molar-refractivity contribution in [3.63, 3.8) is 0 Å². The van der Waals surface area contributed by atoms with Crippen molar-refractivity contribution in [1.82, 2.24) is 15.1 Å². The first-order valence-electron chi connectivity index (χ1n) is 10.4. The van der Waals surface area contributed by atoms with Gasteiger partial charge in [0.1, 0.15) is 12.6 Å². The highest BCUT2D eigenvalue weighted by molar-refractivity contribution is 5.81. The van der Waals surface area contributed by atoms with Crippen LogP contribution in [0.1, 0.15) is 35.4 Å². The van der Waals surface area contributed by atoms with Crippen molar-refractivity contribution in [2.45, 2.75) is 38.8 Å². The van der Waals surface area contributed by atoms with Crippen LogP contribution in [-0.2, 0) is 22.5 Å². The number of nitrogens with zero attached hydrogens (tertiary/aromatic N) is 2. The summed E-state index contributed by atoms with van der Waals surface area (Å²) < 4.78 is 7.22. The topological polar surface area (TPSA) is 93.5 Å². The van der Waals surface area contributed by atoms with Crippen molar-refractivity contribution in [3.8, 4) is 11.1 Å². The molecule has 160 valence electrons. The van der Waals surface area contributed by atoms with Crippen molar-refractivity contribution in [2.75, 3.05) is 6.61 Å². The Morgan fingerprint density at radius 2 is 1.74 bits per heavy atom. The highest BCUT2D eigenvalue weighted by Crippen LogP contribution is 2.44. The third kappa shape index (κ3) is 4.17. The lowest BCUT2D eigenvalue weighted by Gasteiger charge is -2.17. The molecule has 1 amide bonds. The summed E-state index contributed by atoms with van der Waals surface area (Å²) in [5.74, 6) is -1.19. The van der Waals surface area contributed by atoms with E-state index in [-0.39, 0.29) is 18.9 Å². The monoisotopic (exact) mass is 419 g/mol. The number of hydrogen-bond acceptors (Lipinski definition) is 4. The number of alkyl carbamates (subject to hydrolysis) is 1. The molecule has 2 N–H and O–H groups in total. The number of hydrogen-bond donors (Lipinski definition) is 2. The average Bonchev–Trinajstić information content (AvgIpc) is 3.28. The predicted molar refractivity (Wildman–Crippen MR) is 116 cm³/mol. The number of aromatic nitrogens is 2. The van der Waals surface area contributed by atoms with Crippen LogP contribution in [0.5, 0.6) is 0 Å². The first-order chi connectivity index (χ1) is 15.0. The second kappa shape index (κ2) is 8.63. The van der Waals surface area contributed by atoms with Crippen molar-refractivity contribution in [1.29, 1.82) is 0 Å². The van der Waals surface area contributed by atoms with Crippen molar-refractivity contribution in [2.24, 2.45) is 0 Å². The van der Waals surface area contributed by atoms with Crippen molar-refractivity contribution < 1.29 is 19.4 Å². The van der Waals surface area contributed by atoms with Gasteiger partial charge in [-0.15, -0.1) is 0 Å². The van der Waals surface area contributed by atoms with Gasteiger partial charge in [0.15, 0.2) is 0 Å². The maximum absolute atomic E-state index is 12.5. The summed E-state index contributed by atoms with van der Waals surface area (Å²) in [5.41, 5.74) is 6.05. The van der Waals surface area contributed by atoms with E-state index in [1.54, 1.807) is 4.68 Å². The van der Waals surface area contributed by atoms with E-state index in [0.717, 1.165) is 33.6 Å². The third-order valence-corrected chi connectivity index (χ3v) is 5.63. The number of amides is 1. The van der Waals surface area contributed by atoms with Crippen LogP contribution in [0, 0.1) is 6.92 Å². The molecule has 3 aromatic rings. The molecular weight excluding hydrogens is 394 g/mol. The molecule has 0 radical (unpaired) electrons. The van der Waals surface area contributed by atoms with Gasteiger partial charge in [-0.1, -0.05) is 48.5 Å². The Morgan fingerprint density at radius 3 is 2.32 bits per heavy atom. The molecule has 1 atom stereocenters. The zero-order chi connectivity index (χ0) is 22.0. The number of benzene rings is 2. The summed E-state index contributed by atoms with van der Waals surface area (Å²) >= 11 is 0. The number of carboxylic acids is 1. The molecule has 7 heteroatoms. The van der Waals surface area contributed by atoms with Gasteiger partial charge >= 0.3 is 12.1 Å². The Balaban J connectivity index is 1.44. The molecule has 1 unspecified atom stereocenters. The zero-order valence-corrected chi connectivity index (χ0v) is 17.5. The number of aliphatic carboxylic acids is 1. The summed E-state index contributed by atoms with van der Waals surface area (Å²) in [5, 5.41) is 16.4. The molecule has 1 aliphatic rings. The van der Waals surface area contributed by atoms with E-state index in [9.17, 15) is 14.7 Å². The highest BCUT2D eigenvalue weighted by Gasteiger charge is 2.30. The molecule has 2 aromatic carbocycles. The molecule has 0 saturated carbocycles. The van der Waals surface area contributed by atoms with Gasteiger partial charge in [0, 0.05) is 24.6 Å². The summed E-state index contributed by atoms with van der Waals surface area (Å²) in [6.07, 6.45) is -0.609. The summed E-state index contributed by atoms with van der Waals surface area (Å²) in [7, 11) is 0. The number of carboxylic acid groups (broad SMARTS) is 1. The maximum atomic E-state index is 12.5. The fourth-order valence-corrected chi connectivity index (χ4v) is 4.23. The van der Waals surface area contributed by atoms with Crippen molar-refractivity contribution in [3.05, 3.63) is 77.1 Å². The minimum absolute atomic E-state index is 0.0781. The Bertz CT molecular complexity index is 1080. The lowest BCUT2D eigenvalue weighted by Crippen LogP contribution is -2.43. The SMILES string of the molecule is CCn1nc(C)cc1CC(NC(=O)OCC1c2ccccc2-c2ccccc21)C(=O)O. The number of fused-ring (bicyclic) bond motifs is 3. The van der Waals surface area contributed by atoms with E-state index >= 15 is 0 Å². The first kappa shape index (κ1) is 20.7. The predicted octanol–water partition coefficient (Wildman–Crippen LogP) is 3.75. The second-order valence-corrected chi connectivity index (χ2v) is 7.66. The second-order valence-electron chi connectivity index (χ2n) is 7.66. The van der Waals surface area contributed by atoms with E-state index in [1.807, 2.05) is 56.3 Å². The summed E-state index contributed by atoms with van der Waals surface area (Å²) in [6, 6.07) is 16.9. The average molecular weight is 419 g/mol. The number of nitrogens with one attached hydrogen (secondary N) is 1. The van der Waals surface area contributed by atoms with Gasteiger partial charge in [0.25, 0.3) is 0 Å². The molecule has 0 bridgehead atoms. The lowest BCUT2D eigenvalue weighted by molar-refractivity contribution is -0.139. The lowest BCUT2D eigenvalue weighted by atomic mass is 9.98. The van der Waals surface area contributed by atoms with Crippen LogP contribution < -0.4 is 5.32 Å². The quantitative estimate of drug-likeness (QED) is 0.608. The Labute approximate surface area is 180 Å². The summed E-state index contributed by atoms with van der Waals surface area (Å²) in [6.45, 7) is 4.55. The summed E-state index contributed by atoms with van der Waals surface area (Å²) in [4.78, 5) is 24.2. The van der Waals surface area contributed by atoms with Crippen LogP contribution >= 0.6 is 0 Å². The Morgan fingerprint density at radius 1 is 1.13 bits per heavy atom. The molecule has 1 aliphatic carbocycles. The minimum atomic E-state index is -1.12. The molecule has 4 rings (SSSR count). The van der Waals surface area contributed by atoms with Gasteiger partial charge in [-0.25, -0.2) is 9.59 Å². The van der Waals surface area contributed by atoms with Gasteiger partial charge in [-0.05, 0) is 42.2 Å². The van der Waals surface area contributed by atoms with E-state index in [1.165, 1.54) is 0 Å². The molecule has 0 fully saturated rings. The van der Waals surface area contributed by atoms with Gasteiger partial charge in [-0.2, -0.15) is 5.10 Å². The number of rotatable bonds is 7. The van der Waals surface area contributed by atoms with E-state index < -0.39 is 18.1 Å². The number of carbonyl (C=O) groups is 2. The normalized spacial score (nSPS) is 13.4. The molecule has 7 nitrogen and oxygen atoms in total. The smallest absolute Gasteiger partial charge is 0.407 e. The van der Waals surface area contributed by atoms with E-state index in [0.29, 0.717) is 6.54 Å². The first-order valence-corrected chi connectivity index (χ1v) is 10.4. The highest BCUT2D eigenvalue weighted by atomic mass is 16.5. The number of carbonyl (C=O) groups excluding carboxylic acids is 1. The fourth-order valence-electron chi connectivity index (χ4n) is 4.23. The van der Waals surface area contributed by atoms with Gasteiger partial charge in [0.05, 0.1) is 5.69 Å². The molecule has 0 spiro atoms. The maximum Gasteiger partial charge on any atom is 0.407 e. The number of ether oxygens (including phenoxy) is 1. The van der Waals surface area contributed by atoms with Crippen LogP contribution in [0.15, 0.2) is 54.6 Å². The Hall–Kier alpha value is -3.61. The molecule has 1 aromatic heterocycles. The van der Waals surface area contributed by atoms with Crippen LogP contribution in [0.25, 0.3) is 11.1 Å². The standard InChI is InChI=1S/C24H25N3O4/c1-3-27-16(12-15(2)26-27)13-22(23(28)29)25-24(30)31-14-21-19-10-6-4-8-17(19)18-9-5-7-11-20(18)21/h4-12,21-22H,3,13-14H2,1-2H3,(H,25,30)(H,28,29). The van der Waals surface area contributed by atoms with Crippen molar-refractivity contribution >= 4 is 12.1 Å². The van der Waals surface area contributed by atoms with E-state index in [2.05, 4.69) is 22.5 Å². The van der Waals surface area contributed by atoms with Crippen LogP contribution in [0.3, 0.4) is 0 Å². The molecule has 0 aliphatic heterocycles.